The van der Waals surface area contributed by atoms with Crippen molar-refractivity contribution in [1.29, 1.82) is 0 Å². The van der Waals surface area contributed by atoms with Crippen molar-refractivity contribution in [2.45, 2.75) is 13.5 Å². The number of aromatic nitrogens is 4. The van der Waals surface area contributed by atoms with E-state index in [9.17, 15) is 9.59 Å². The summed E-state index contributed by atoms with van der Waals surface area (Å²) in [5.41, 5.74) is -0.453. The van der Waals surface area contributed by atoms with E-state index in [0.29, 0.717) is 5.82 Å². The molecular formula is C13H14N4O3. The molecule has 0 saturated carbocycles. The number of aliphatic hydroxyl groups is 1. The van der Waals surface area contributed by atoms with Crippen LogP contribution < -0.4 is 11.2 Å². The molecule has 0 radical (unpaired) electrons. The van der Waals surface area contributed by atoms with Gasteiger partial charge < -0.3 is 9.67 Å². The second kappa shape index (κ2) is 5.59. The van der Waals surface area contributed by atoms with Crippen molar-refractivity contribution in [2.24, 2.45) is 7.05 Å². The molecule has 0 aromatic carbocycles. The van der Waals surface area contributed by atoms with Crippen LogP contribution in [0.3, 0.4) is 0 Å². The number of imidazole rings is 1. The molecule has 0 saturated heterocycles. The summed E-state index contributed by atoms with van der Waals surface area (Å²) in [6.45, 7) is 1.83. The van der Waals surface area contributed by atoms with Gasteiger partial charge in [0.05, 0.1) is 13.2 Å². The summed E-state index contributed by atoms with van der Waals surface area (Å²) in [5.74, 6) is 6.07. The Labute approximate surface area is 114 Å². The second-order valence-corrected chi connectivity index (χ2v) is 4.06. The number of nitrogens with zero attached hydrogens (tertiary/aromatic N) is 3. The highest BCUT2D eigenvalue weighted by Gasteiger charge is 2.14. The SMILES string of the molecule is CC#CCn1c(C=CCO)nc2c1c(=O)[nH]c(=O)n2C. The van der Waals surface area contributed by atoms with E-state index in [0.717, 1.165) is 0 Å². The summed E-state index contributed by atoms with van der Waals surface area (Å²) in [6.07, 6.45) is 3.09. The van der Waals surface area contributed by atoms with Crippen LogP contribution in [0, 0.1) is 11.8 Å². The summed E-state index contributed by atoms with van der Waals surface area (Å²) in [6, 6.07) is 0. The molecule has 7 heteroatoms. The summed E-state index contributed by atoms with van der Waals surface area (Å²) >= 11 is 0. The van der Waals surface area contributed by atoms with E-state index in [1.165, 1.54) is 17.7 Å². The van der Waals surface area contributed by atoms with Gasteiger partial charge in [-0.05, 0) is 13.0 Å². The number of H-pyrrole nitrogens is 1. The van der Waals surface area contributed by atoms with Gasteiger partial charge in [-0.1, -0.05) is 12.0 Å². The Morgan fingerprint density at radius 1 is 1.45 bits per heavy atom. The predicted molar refractivity (Wildman–Crippen MR) is 75.2 cm³/mol. The van der Waals surface area contributed by atoms with Crippen LogP contribution >= 0.6 is 0 Å². The maximum atomic E-state index is 12.0. The fourth-order valence-electron chi connectivity index (χ4n) is 1.85. The van der Waals surface area contributed by atoms with Crippen molar-refractivity contribution in [1.82, 2.24) is 19.1 Å². The number of aryl methyl sites for hydroxylation is 1. The summed E-state index contributed by atoms with van der Waals surface area (Å²) in [5, 5.41) is 8.85. The lowest BCUT2D eigenvalue weighted by Crippen LogP contribution is -2.29. The van der Waals surface area contributed by atoms with Gasteiger partial charge >= 0.3 is 5.69 Å². The van der Waals surface area contributed by atoms with E-state index >= 15 is 0 Å². The van der Waals surface area contributed by atoms with Crippen LogP contribution in [0.15, 0.2) is 15.7 Å². The maximum Gasteiger partial charge on any atom is 0.329 e. The fourth-order valence-corrected chi connectivity index (χ4v) is 1.85. The van der Waals surface area contributed by atoms with E-state index < -0.39 is 11.2 Å². The molecule has 104 valence electrons. The van der Waals surface area contributed by atoms with Crippen molar-refractivity contribution >= 4 is 17.2 Å². The standard InChI is InChI=1S/C13H14N4O3/c1-3-4-7-17-9(6-5-8-18)14-11-10(17)12(19)15-13(20)16(11)2/h5-6,18H,7-8H2,1-2H3,(H,15,19,20). The molecule has 7 nitrogen and oxygen atoms in total. The zero-order chi connectivity index (χ0) is 14.7. The second-order valence-electron chi connectivity index (χ2n) is 4.06. The first-order valence-electron chi connectivity index (χ1n) is 5.96. The fraction of sp³-hybridized carbons (Fsp3) is 0.308. The van der Waals surface area contributed by atoms with Gasteiger partial charge in [0.25, 0.3) is 5.56 Å². The lowest BCUT2D eigenvalue weighted by Gasteiger charge is -2.01. The van der Waals surface area contributed by atoms with Gasteiger partial charge in [-0.25, -0.2) is 9.78 Å². The van der Waals surface area contributed by atoms with Gasteiger partial charge in [0.15, 0.2) is 11.2 Å². The molecule has 0 bridgehead atoms. The Kier molecular flexibility index (Phi) is 3.86. The minimum absolute atomic E-state index is 0.141. The highest BCUT2D eigenvalue weighted by Crippen LogP contribution is 2.11. The number of hydrogen-bond acceptors (Lipinski definition) is 4. The molecule has 0 amide bonds. The van der Waals surface area contributed by atoms with Gasteiger partial charge in [-0.15, -0.1) is 5.92 Å². The van der Waals surface area contributed by atoms with E-state index in [1.807, 2.05) is 0 Å². The smallest absolute Gasteiger partial charge is 0.329 e. The Balaban J connectivity index is 2.84. The average molecular weight is 274 g/mol. The molecule has 20 heavy (non-hydrogen) atoms. The molecule has 2 N–H and O–H groups in total. The van der Waals surface area contributed by atoms with Crippen molar-refractivity contribution in [3.05, 3.63) is 32.7 Å². The summed E-state index contributed by atoms with van der Waals surface area (Å²) < 4.78 is 2.87. The molecule has 0 spiro atoms. The molecule has 0 fully saturated rings. The number of fused-ring (bicyclic) bond motifs is 1. The van der Waals surface area contributed by atoms with Crippen LogP contribution in [0.2, 0.25) is 0 Å². The largest absolute Gasteiger partial charge is 0.392 e. The highest BCUT2D eigenvalue weighted by molar-refractivity contribution is 5.73. The molecule has 2 aromatic rings. The van der Waals surface area contributed by atoms with Crippen molar-refractivity contribution in [3.8, 4) is 11.8 Å². The third-order valence-corrected chi connectivity index (χ3v) is 2.82. The van der Waals surface area contributed by atoms with Crippen molar-refractivity contribution in [2.75, 3.05) is 6.61 Å². The van der Waals surface area contributed by atoms with E-state index in [1.54, 1.807) is 17.6 Å². The lowest BCUT2D eigenvalue weighted by atomic mass is 10.4. The van der Waals surface area contributed by atoms with Gasteiger partial charge in [-0.3, -0.25) is 14.3 Å². The molecular weight excluding hydrogens is 260 g/mol. The van der Waals surface area contributed by atoms with Crippen LogP contribution in [0.25, 0.3) is 17.2 Å². The molecule has 0 atom stereocenters. The Hall–Kier alpha value is -2.59. The van der Waals surface area contributed by atoms with Gasteiger partial charge in [0, 0.05) is 7.05 Å². The predicted octanol–water partition coefficient (Wildman–Crippen LogP) is -0.548. The number of rotatable bonds is 3. The van der Waals surface area contributed by atoms with Gasteiger partial charge in [-0.2, -0.15) is 0 Å². The maximum absolute atomic E-state index is 12.0. The zero-order valence-corrected chi connectivity index (χ0v) is 11.2. The number of aliphatic hydroxyl groups excluding tert-OH is 1. The molecule has 0 aliphatic rings. The topological polar surface area (TPSA) is 92.9 Å². The minimum Gasteiger partial charge on any atom is -0.392 e. The Morgan fingerprint density at radius 3 is 2.85 bits per heavy atom. The van der Waals surface area contributed by atoms with Crippen molar-refractivity contribution < 1.29 is 5.11 Å². The molecule has 0 aliphatic carbocycles. The first-order chi connectivity index (χ1) is 9.60. The molecule has 0 unspecified atom stereocenters. The van der Waals surface area contributed by atoms with Crippen LogP contribution in [0.5, 0.6) is 0 Å². The van der Waals surface area contributed by atoms with E-state index in [2.05, 4.69) is 21.8 Å². The van der Waals surface area contributed by atoms with Crippen LogP contribution in [-0.4, -0.2) is 30.8 Å². The summed E-state index contributed by atoms with van der Waals surface area (Å²) in [7, 11) is 1.53. The molecule has 2 aromatic heterocycles. The average Bonchev–Trinajstić information content (AvgIpc) is 2.79. The molecule has 2 rings (SSSR count). The molecule has 0 aliphatic heterocycles. The third-order valence-electron chi connectivity index (χ3n) is 2.82. The van der Waals surface area contributed by atoms with Crippen molar-refractivity contribution in [3.63, 3.8) is 0 Å². The summed E-state index contributed by atoms with van der Waals surface area (Å²) in [4.78, 5) is 30.0. The van der Waals surface area contributed by atoms with Crippen LogP contribution in [0.1, 0.15) is 12.7 Å². The molecule has 2 heterocycles. The highest BCUT2D eigenvalue weighted by atomic mass is 16.2. The monoisotopic (exact) mass is 274 g/mol. The van der Waals surface area contributed by atoms with E-state index in [-0.39, 0.29) is 24.3 Å². The van der Waals surface area contributed by atoms with Gasteiger partial charge in [0.2, 0.25) is 0 Å². The Morgan fingerprint density at radius 2 is 2.20 bits per heavy atom. The zero-order valence-electron chi connectivity index (χ0n) is 11.2. The first-order valence-corrected chi connectivity index (χ1v) is 5.96. The lowest BCUT2D eigenvalue weighted by molar-refractivity contribution is 0.343. The normalized spacial score (nSPS) is 10.9. The first kappa shape index (κ1) is 13.8. The Bertz CT molecular complexity index is 843. The third kappa shape index (κ3) is 2.29. The number of nitrogens with one attached hydrogen (secondary N) is 1. The number of hydrogen-bond donors (Lipinski definition) is 2. The number of aromatic amines is 1. The van der Waals surface area contributed by atoms with Crippen LogP contribution in [0.4, 0.5) is 0 Å². The van der Waals surface area contributed by atoms with Crippen LogP contribution in [-0.2, 0) is 13.6 Å². The van der Waals surface area contributed by atoms with E-state index in [4.69, 9.17) is 5.11 Å². The minimum atomic E-state index is -0.522. The quantitative estimate of drug-likeness (QED) is 0.735. The van der Waals surface area contributed by atoms with Gasteiger partial charge in [0.1, 0.15) is 5.82 Å².